The molecule has 0 unspecified atom stereocenters. The molecule has 31 heavy (non-hydrogen) atoms. The van der Waals surface area contributed by atoms with Crippen molar-refractivity contribution in [3.8, 4) is 11.3 Å². The molecule has 1 saturated heterocycles. The third kappa shape index (κ3) is 4.68. The van der Waals surface area contributed by atoms with E-state index in [4.69, 9.17) is 10.2 Å². The largest absolute Gasteiger partial charge is 0.457 e. The summed E-state index contributed by atoms with van der Waals surface area (Å²) in [5.74, 6) is -0.276. The predicted molar refractivity (Wildman–Crippen MR) is 111 cm³/mol. The number of halogens is 3. The molecule has 1 aromatic heterocycles. The van der Waals surface area contributed by atoms with E-state index in [2.05, 4.69) is 4.99 Å². The minimum atomic E-state index is -4.44. The Morgan fingerprint density at radius 3 is 2.65 bits per heavy atom. The van der Waals surface area contributed by atoms with Gasteiger partial charge in [-0.2, -0.15) is 18.2 Å². The maximum absolute atomic E-state index is 12.9. The van der Waals surface area contributed by atoms with Gasteiger partial charge in [-0.05, 0) is 48.9 Å². The first-order chi connectivity index (χ1) is 14.7. The number of primary amides is 1. The van der Waals surface area contributed by atoms with Crippen LogP contribution in [0.4, 0.5) is 13.2 Å². The number of amidine groups is 1. The molecule has 0 atom stereocenters. The normalized spacial score (nSPS) is 19.2. The molecule has 6 nitrogen and oxygen atoms in total. The number of likely N-dealkylation sites (tertiary alicyclic amines) is 1. The number of nitrogens with zero attached hydrogens (tertiary/aromatic N) is 2. The first-order valence-corrected chi connectivity index (χ1v) is 10.4. The highest BCUT2D eigenvalue weighted by atomic mass is 32.2. The molecular formula is C21H18F3N3O3S. The van der Waals surface area contributed by atoms with Gasteiger partial charge in [0, 0.05) is 30.6 Å². The smallest absolute Gasteiger partial charge is 0.416 e. The Labute approximate surface area is 180 Å². The Hall–Kier alpha value is -3.01. The van der Waals surface area contributed by atoms with Crippen LogP contribution < -0.4 is 5.73 Å². The van der Waals surface area contributed by atoms with Gasteiger partial charge in [-0.15, -0.1) is 0 Å². The summed E-state index contributed by atoms with van der Waals surface area (Å²) in [6.07, 6.45) is -1.70. The van der Waals surface area contributed by atoms with Gasteiger partial charge in [0.15, 0.2) is 5.17 Å². The molecule has 0 bridgehead atoms. The summed E-state index contributed by atoms with van der Waals surface area (Å²) in [5, 5.41) is 0.559. The number of hydrogen-bond acceptors (Lipinski definition) is 5. The van der Waals surface area contributed by atoms with Gasteiger partial charge in [-0.25, -0.2) is 0 Å². The second kappa shape index (κ2) is 8.26. The third-order valence-corrected chi connectivity index (χ3v) is 6.20. The lowest BCUT2D eigenvalue weighted by molar-refractivity contribution is -0.137. The summed E-state index contributed by atoms with van der Waals surface area (Å²) in [4.78, 5) is 30.0. The Morgan fingerprint density at radius 1 is 1.23 bits per heavy atom. The number of amides is 2. The van der Waals surface area contributed by atoms with Gasteiger partial charge in [0.2, 0.25) is 5.91 Å². The van der Waals surface area contributed by atoms with Gasteiger partial charge < -0.3 is 15.1 Å². The van der Waals surface area contributed by atoms with Crippen molar-refractivity contribution in [2.45, 2.75) is 19.0 Å². The van der Waals surface area contributed by atoms with Gasteiger partial charge in [-0.3, -0.25) is 9.59 Å². The SMILES string of the molecule is NC(=O)C1CCN(C2=NC(=O)C(=Cc3ccc(-c4cccc(C(F)(F)F)c4)o3)S2)CC1. The molecule has 0 spiro atoms. The van der Waals surface area contributed by atoms with Crippen molar-refractivity contribution in [3.05, 3.63) is 52.6 Å². The van der Waals surface area contributed by atoms with Crippen molar-refractivity contribution in [1.82, 2.24) is 4.90 Å². The lowest BCUT2D eigenvalue weighted by Gasteiger charge is -2.31. The zero-order chi connectivity index (χ0) is 22.2. The lowest BCUT2D eigenvalue weighted by Crippen LogP contribution is -2.40. The standard InChI is InChI=1S/C21H18F3N3O3S/c22-21(23,24)14-3-1-2-13(10-14)16-5-4-15(30-16)11-17-19(29)26-20(31-17)27-8-6-12(7-9-27)18(25)28/h1-5,10-12H,6-9H2,(H2,25,28). The molecule has 0 saturated carbocycles. The van der Waals surface area contributed by atoms with Crippen molar-refractivity contribution >= 4 is 34.8 Å². The van der Waals surface area contributed by atoms with E-state index in [0.717, 1.165) is 12.1 Å². The van der Waals surface area contributed by atoms with Crippen LogP contribution in [0.3, 0.4) is 0 Å². The Bertz CT molecular complexity index is 1080. The number of nitrogens with two attached hydrogens (primary N) is 1. The van der Waals surface area contributed by atoms with Gasteiger partial charge in [0.1, 0.15) is 11.5 Å². The first-order valence-electron chi connectivity index (χ1n) is 9.55. The van der Waals surface area contributed by atoms with E-state index in [0.29, 0.717) is 47.3 Å². The van der Waals surface area contributed by atoms with E-state index in [1.54, 1.807) is 12.1 Å². The minimum Gasteiger partial charge on any atom is -0.457 e. The van der Waals surface area contributed by atoms with Gasteiger partial charge in [0.25, 0.3) is 5.91 Å². The van der Waals surface area contributed by atoms with Crippen LogP contribution in [0.25, 0.3) is 17.4 Å². The maximum atomic E-state index is 12.9. The monoisotopic (exact) mass is 449 g/mol. The van der Waals surface area contributed by atoms with Crippen molar-refractivity contribution in [1.29, 1.82) is 0 Å². The number of alkyl halides is 3. The molecule has 4 rings (SSSR count). The second-order valence-corrected chi connectivity index (χ2v) is 8.26. The number of carbonyl (C=O) groups excluding carboxylic acids is 2. The zero-order valence-corrected chi connectivity index (χ0v) is 17.0. The summed E-state index contributed by atoms with van der Waals surface area (Å²) < 4.78 is 44.4. The van der Waals surface area contributed by atoms with Gasteiger partial charge in [-0.1, -0.05) is 12.1 Å². The average Bonchev–Trinajstić information content (AvgIpc) is 3.35. The number of thioether (sulfide) groups is 1. The zero-order valence-electron chi connectivity index (χ0n) is 16.2. The van der Waals surface area contributed by atoms with Crippen molar-refractivity contribution in [3.63, 3.8) is 0 Å². The number of aliphatic imine (C=N–C) groups is 1. The highest BCUT2D eigenvalue weighted by molar-refractivity contribution is 8.18. The van der Waals surface area contributed by atoms with E-state index >= 15 is 0 Å². The summed E-state index contributed by atoms with van der Waals surface area (Å²) in [5.41, 5.74) is 4.88. The predicted octanol–water partition coefficient (Wildman–Crippen LogP) is 4.13. The summed E-state index contributed by atoms with van der Waals surface area (Å²) >= 11 is 1.20. The average molecular weight is 449 g/mol. The molecule has 10 heteroatoms. The van der Waals surface area contributed by atoms with E-state index in [9.17, 15) is 22.8 Å². The molecule has 2 N–H and O–H groups in total. The number of benzene rings is 1. The highest BCUT2D eigenvalue weighted by Crippen LogP contribution is 2.35. The van der Waals surface area contributed by atoms with Crippen LogP contribution in [0.5, 0.6) is 0 Å². The van der Waals surface area contributed by atoms with Crippen LogP contribution in [0, 0.1) is 5.92 Å². The van der Waals surface area contributed by atoms with E-state index < -0.39 is 17.6 Å². The first kappa shape index (κ1) is 21.2. The molecule has 2 aliphatic rings. The van der Waals surface area contributed by atoms with Gasteiger partial charge >= 0.3 is 6.18 Å². The van der Waals surface area contributed by atoms with Crippen LogP contribution in [0.15, 0.2) is 50.7 Å². The van der Waals surface area contributed by atoms with E-state index in [1.807, 2.05) is 4.90 Å². The summed E-state index contributed by atoms with van der Waals surface area (Å²) in [6, 6.07) is 8.00. The van der Waals surface area contributed by atoms with E-state index in [1.165, 1.54) is 30.0 Å². The molecule has 2 aliphatic heterocycles. The molecule has 3 heterocycles. The number of rotatable bonds is 3. The van der Waals surface area contributed by atoms with Gasteiger partial charge in [0.05, 0.1) is 10.5 Å². The molecule has 1 fully saturated rings. The van der Waals surface area contributed by atoms with Crippen molar-refractivity contribution in [2.24, 2.45) is 16.6 Å². The lowest BCUT2D eigenvalue weighted by atomic mass is 9.97. The summed E-state index contributed by atoms with van der Waals surface area (Å²) in [6.45, 7) is 1.17. The topological polar surface area (TPSA) is 88.9 Å². The number of furan rings is 1. The number of hydrogen-bond donors (Lipinski definition) is 1. The third-order valence-electron chi connectivity index (χ3n) is 5.15. The molecule has 162 valence electrons. The molecular weight excluding hydrogens is 431 g/mol. The van der Waals surface area contributed by atoms with Crippen molar-refractivity contribution in [2.75, 3.05) is 13.1 Å². The highest BCUT2D eigenvalue weighted by Gasteiger charge is 2.32. The van der Waals surface area contributed by atoms with E-state index in [-0.39, 0.29) is 17.6 Å². The minimum absolute atomic E-state index is 0.161. The fourth-order valence-corrected chi connectivity index (χ4v) is 4.40. The second-order valence-electron chi connectivity index (χ2n) is 7.25. The van der Waals surface area contributed by atoms with Crippen molar-refractivity contribution < 1.29 is 27.2 Å². The summed E-state index contributed by atoms with van der Waals surface area (Å²) in [7, 11) is 0. The number of piperidine rings is 1. The molecule has 2 amide bonds. The molecule has 2 aromatic rings. The number of carbonyl (C=O) groups is 2. The van der Waals surface area contributed by atoms with Crippen LogP contribution >= 0.6 is 11.8 Å². The molecule has 1 aromatic carbocycles. The molecule has 0 radical (unpaired) electrons. The van der Waals surface area contributed by atoms with Crippen LogP contribution in [-0.2, 0) is 15.8 Å². The fraction of sp³-hybridized carbons (Fsp3) is 0.286. The maximum Gasteiger partial charge on any atom is 0.416 e. The molecule has 0 aliphatic carbocycles. The Morgan fingerprint density at radius 2 is 1.97 bits per heavy atom. The quantitative estimate of drug-likeness (QED) is 0.712. The van der Waals surface area contributed by atoms with Crippen LogP contribution in [0.2, 0.25) is 0 Å². The Balaban J connectivity index is 1.46. The Kier molecular flexibility index (Phi) is 5.65. The fourth-order valence-electron chi connectivity index (χ4n) is 3.45. The van der Waals surface area contributed by atoms with Crippen LogP contribution in [-0.4, -0.2) is 35.0 Å². The van der Waals surface area contributed by atoms with Crippen LogP contribution in [0.1, 0.15) is 24.2 Å².